The zero-order valence-corrected chi connectivity index (χ0v) is 19.4. The van der Waals surface area contributed by atoms with Crippen molar-refractivity contribution in [3.63, 3.8) is 0 Å². The number of benzene rings is 2. The standard InChI is InChI=1S/C25H34N2O3S/c1-3-5-11-20-16-18-21(19-17-20)25(28)26-23-14-9-10-15-24(23)31(29,30)27(4-2)22-12-7-6-8-13-22/h6-10,12-15,20-21H,3-5,11,16-19H2,1-2H3,(H,26,28). The molecule has 0 radical (unpaired) electrons. The minimum absolute atomic E-state index is 0.0509. The molecule has 168 valence electrons. The van der Waals surface area contributed by atoms with Crippen molar-refractivity contribution in [1.29, 1.82) is 0 Å². The third-order valence-electron chi connectivity index (χ3n) is 6.23. The van der Waals surface area contributed by atoms with E-state index in [4.69, 9.17) is 0 Å². The lowest BCUT2D eigenvalue weighted by molar-refractivity contribution is -0.121. The molecular formula is C25H34N2O3S. The second-order valence-electron chi connectivity index (χ2n) is 8.35. The summed E-state index contributed by atoms with van der Waals surface area (Å²) < 4.78 is 28.3. The molecule has 3 rings (SSSR count). The number of sulfonamides is 1. The van der Waals surface area contributed by atoms with Gasteiger partial charge in [-0.2, -0.15) is 0 Å². The molecule has 1 fully saturated rings. The van der Waals surface area contributed by atoms with Crippen LogP contribution < -0.4 is 9.62 Å². The molecule has 1 N–H and O–H groups in total. The van der Waals surface area contributed by atoms with Gasteiger partial charge in [0.15, 0.2) is 0 Å². The Balaban J connectivity index is 1.75. The van der Waals surface area contributed by atoms with Gasteiger partial charge < -0.3 is 5.32 Å². The summed E-state index contributed by atoms with van der Waals surface area (Å²) >= 11 is 0. The average Bonchev–Trinajstić information content (AvgIpc) is 2.79. The Morgan fingerprint density at radius 1 is 0.968 bits per heavy atom. The van der Waals surface area contributed by atoms with Crippen LogP contribution in [0.25, 0.3) is 0 Å². The lowest BCUT2D eigenvalue weighted by Gasteiger charge is -2.28. The van der Waals surface area contributed by atoms with Crippen LogP contribution >= 0.6 is 0 Å². The van der Waals surface area contributed by atoms with Crippen LogP contribution in [0.4, 0.5) is 11.4 Å². The molecule has 0 spiro atoms. The number of nitrogens with one attached hydrogen (secondary N) is 1. The summed E-state index contributed by atoms with van der Waals surface area (Å²) in [4.78, 5) is 13.1. The number of hydrogen-bond acceptors (Lipinski definition) is 3. The highest BCUT2D eigenvalue weighted by Gasteiger charge is 2.29. The third kappa shape index (κ3) is 5.67. The van der Waals surface area contributed by atoms with Gasteiger partial charge in [0, 0.05) is 12.5 Å². The molecular weight excluding hydrogens is 408 g/mol. The molecule has 31 heavy (non-hydrogen) atoms. The van der Waals surface area contributed by atoms with Crippen LogP contribution in [-0.4, -0.2) is 20.9 Å². The molecule has 2 aromatic rings. The minimum Gasteiger partial charge on any atom is -0.325 e. The number of unbranched alkanes of at least 4 members (excludes halogenated alkanes) is 1. The predicted molar refractivity (Wildman–Crippen MR) is 127 cm³/mol. The number of para-hydroxylation sites is 2. The fourth-order valence-corrected chi connectivity index (χ4v) is 6.06. The first-order valence-electron chi connectivity index (χ1n) is 11.4. The highest BCUT2D eigenvalue weighted by Crippen LogP contribution is 2.34. The quantitative estimate of drug-likeness (QED) is 0.531. The predicted octanol–water partition coefficient (Wildman–Crippen LogP) is 5.84. The lowest BCUT2D eigenvalue weighted by atomic mass is 9.79. The van der Waals surface area contributed by atoms with Crippen molar-refractivity contribution in [2.24, 2.45) is 11.8 Å². The van der Waals surface area contributed by atoms with Crippen molar-refractivity contribution in [3.05, 3.63) is 54.6 Å². The van der Waals surface area contributed by atoms with Gasteiger partial charge in [-0.1, -0.05) is 56.5 Å². The summed E-state index contributed by atoms with van der Waals surface area (Å²) in [5.74, 6) is 0.602. The van der Waals surface area contributed by atoms with Crippen molar-refractivity contribution in [2.75, 3.05) is 16.2 Å². The van der Waals surface area contributed by atoms with Gasteiger partial charge in [0.1, 0.15) is 4.90 Å². The van der Waals surface area contributed by atoms with Crippen molar-refractivity contribution < 1.29 is 13.2 Å². The topological polar surface area (TPSA) is 66.5 Å². The molecule has 5 nitrogen and oxygen atoms in total. The van der Waals surface area contributed by atoms with E-state index in [-0.39, 0.29) is 16.7 Å². The number of anilines is 2. The zero-order valence-electron chi connectivity index (χ0n) is 18.6. The van der Waals surface area contributed by atoms with Crippen molar-refractivity contribution in [2.45, 2.75) is 63.7 Å². The SMILES string of the molecule is CCCCC1CCC(C(=O)Nc2ccccc2S(=O)(=O)N(CC)c2ccccc2)CC1. The van der Waals surface area contributed by atoms with E-state index >= 15 is 0 Å². The van der Waals surface area contributed by atoms with Crippen LogP contribution in [0.15, 0.2) is 59.5 Å². The largest absolute Gasteiger partial charge is 0.325 e. The molecule has 0 bridgehead atoms. The zero-order chi connectivity index (χ0) is 22.3. The van der Waals surface area contributed by atoms with E-state index in [0.29, 0.717) is 17.9 Å². The van der Waals surface area contributed by atoms with Gasteiger partial charge in [-0.25, -0.2) is 8.42 Å². The Hall–Kier alpha value is -2.34. The van der Waals surface area contributed by atoms with Gasteiger partial charge in [-0.15, -0.1) is 0 Å². The van der Waals surface area contributed by atoms with Crippen LogP contribution in [0.1, 0.15) is 58.8 Å². The summed E-state index contributed by atoms with van der Waals surface area (Å²) in [7, 11) is -3.81. The molecule has 6 heteroatoms. The molecule has 2 aromatic carbocycles. The fourth-order valence-electron chi connectivity index (χ4n) is 4.44. The van der Waals surface area contributed by atoms with Gasteiger partial charge in [0.25, 0.3) is 10.0 Å². The summed E-state index contributed by atoms with van der Waals surface area (Å²) in [6, 6.07) is 15.7. The fraction of sp³-hybridized carbons (Fsp3) is 0.480. The van der Waals surface area contributed by atoms with E-state index in [9.17, 15) is 13.2 Å². The smallest absolute Gasteiger partial charge is 0.266 e. The number of rotatable bonds is 9. The first-order valence-corrected chi connectivity index (χ1v) is 12.9. The van der Waals surface area contributed by atoms with Gasteiger partial charge in [-0.3, -0.25) is 9.10 Å². The van der Waals surface area contributed by atoms with E-state index in [0.717, 1.165) is 31.6 Å². The summed E-state index contributed by atoms with van der Waals surface area (Å²) in [6.07, 6.45) is 7.62. The third-order valence-corrected chi connectivity index (χ3v) is 8.19. The second kappa shape index (κ2) is 10.8. The molecule has 0 unspecified atom stereocenters. The Labute approximate surface area is 186 Å². The van der Waals surface area contributed by atoms with E-state index in [1.54, 1.807) is 36.4 Å². The first-order chi connectivity index (χ1) is 15.0. The van der Waals surface area contributed by atoms with Gasteiger partial charge in [0.05, 0.1) is 11.4 Å². The molecule has 1 aliphatic rings. The van der Waals surface area contributed by atoms with E-state index in [1.807, 2.05) is 25.1 Å². The van der Waals surface area contributed by atoms with Crippen molar-refractivity contribution in [3.8, 4) is 0 Å². The van der Waals surface area contributed by atoms with Crippen LogP contribution in [0.2, 0.25) is 0 Å². The Morgan fingerprint density at radius 2 is 1.61 bits per heavy atom. The van der Waals surface area contributed by atoms with Crippen LogP contribution in [-0.2, 0) is 14.8 Å². The molecule has 0 aromatic heterocycles. The van der Waals surface area contributed by atoms with E-state index < -0.39 is 10.0 Å². The molecule has 0 heterocycles. The molecule has 1 aliphatic carbocycles. The summed E-state index contributed by atoms with van der Waals surface area (Å²) in [6.45, 7) is 4.32. The monoisotopic (exact) mass is 442 g/mol. The molecule has 0 aliphatic heterocycles. The molecule has 1 amide bonds. The number of amides is 1. The number of carbonyl (C=O) groups excluding carboxylic acids is 1. The molecule has 0 saturated heterocycles. The number of nitrogens with zero attached hydrogens (tertiary/aromatic N) is 1. The Morgan fingerprint density at radius 3 is 2.26 bits per heavy atom. The highest BCUT2D eigenvalue weighted by atomic mass is 32.2. The number of carbonyl (C=O) groups is 1. The summed E-state index contributed by atoms with van der Waals surface area (Å²) in [5.41, 5.74) is 0.964. The lowest BCUT2D eigenvalue weighted by Crippen LogP contribution is -2.32. The van der Waals surface area contributed by atoms with E-state index in [1.165, 1.54) is 23.6 Å². The summed E-state index contributed by atoms with van der Waals surface area (Å²) in [5, 5.41) is 2.93. The molecule has 0 atom stereocenters. The minimum atomic E-state index is -3.81. The molecule has 1 saturated carbocycles. The van der Waals surface area contributed by atoms with Gasteiger partial charge in [0.2, 0.25) is 5.91 Å². The van der Waals surface area contributed by atoms with Crippen LogP contribution in [0.5, 0.6) is 0 Å². The normalized spacial score (nSPS) is 19.0. The van der Waals surface area contributed by atoms with Crippen LogP contribution in [0.3, 0.4) is 0 Å². The highest BCUT2D eigenvalue weighted by molar-refractivity contribution is 7.93. The maximum Gasteiger partial charge on any atom is 0.266 e. The number of hydrogen-bond donors (Lipinski definition) is 1. The van der Waals surface area contributed by atoms with Crippen LogP contribution in [0, 0.1) is 11.8 Å². The van der Waals surface area contributed by atoms with Gasteiger partial charge in [-0.05, 0) is 62.8 Å². The first kappa shape index (κ1) is 23.3. The van der Waals surface area contributed by atoms with Gasteiger partial charge >= 0.3 is 0 Å². The van der Waals surface area contributed by atoms with E-state index in [2.05, 4.69) is 12.2 Å². The Kier molecular flexibility index (Phi) is 8.13. The van der Waals surface area contributed by atoms with Crippen molar-refractivity contribution in [1.82, 2.24) is 0 Å². The van der Waals surface area contributed by atoms with Crippen molar-refractivity contribution >= 4 is 27.3 Å². The maximum absolute atomic E-state index is 13.5. The average molecular weight is 443 g/mol. The second-order valence-corrected chi connectivity index (χ2v) is 10.2. The Bertz CT molecular complexity index is 952. The maximum atomic E-state index is 13.5.